The molecule has 2 unspecified atom stereocenters. The van der Waals surface area contributed by atoms with Gasteiger partial charge in [-0.1, -0.05) is 6.07 Å². The zero-order valence-corrected chi connectivity index (χ0v) is 20.1. The largest absolute Gasteiger partial charge is 0.444 e. The molecule has 2 aliphatic rings. The molecule has 0 bridgehead atoms. The lowest BCUT2D eigenvalue weighted by Gasteiger charge is -2.24. The number of imide groups is 1. The number of hydrogen-bond donors (Lipinski definition) is 4. The molecule has 4 amide bonds. The van der Waals surface area contributed by atoms with Crippen molar-refractivity contribution < 1.29 is 23.9 Å². The van der Waals surface area contributed by atoms with Crippen molar-refractivity contribution in [3.8, 4) is 0 Å². The average molecular weight is 472 g/mol. The molecular weight excluding hydrogens is 438 g/mol. The van der Waals surface area contributed by atoms with Gasteiger partial charge in [0, 0.05) is 43.0 Å². The maximum absolute atomic E-state index is 13.0. The smallest absolute Gasteiger partial charge is 0.410 e. The summed E-state index contributed by atoms with van der Waals surface area (Å²) in [6, 6.07) is 4.34. The number of piperidine rings is 1. The van der Waals surface area contributed by atoms with Gasteiger partial charge in [-0.15, -0.1) is 0 Å². The SMILES string of the molecule is CC(=N)c1c(NCC2CCN(C(=O)OC(C)(C)C)C2)cccc1C(=O)NC1CCC(=O)NC1=O. The fraction of sp³-hybridized carbons (Fsp3) is 0.542. The van der Waals surface area contributed by atoms with Gasteiger partial charge in [0.25, 0.3) is 5.91 Å². The van der Waals surface area contributed by atoms with Gasteiger partial charge in [0.1, 0.15) is 11.6 Å². The number of ether oxygens (including phenoxy) is 1. The molecule has 10 heteroatoms. The Bertz CT molecular complexity index is 1000. The second-order valence-corrected chi connectivity index (χ2v) is 9.79. The van der Waals surface area contributed by atoms with Crippen molar-refractivity contribution in [3.63, 3.8) is 0 Å². The maximum Gasteiger partial charge on any atom is 0.410 e. The van der Waals surface area contributed by atoms with Gasteiger partial charge in [0.15, 0.2) is 0 Å². The summed E-state index contributed by atoms with van der Waals surface area (Å²) in [5, 5.41) is 16.5. The summed E-state index contributed by atoms with van der Waals surface area (Å²) < 4.78 is 5.45. The third-order valence-electron chi connectivity index (χ3n) is 5.75. The number of rotatable bonds is 6. The van der Waals surface area contributed by atoms with Crippen molar-refractivity contribution >= 4 is 35.2 Å². The van der Waals surface area contributed by atoms with E-state index >= 15 is 0 Å². The van der Waals surface area contributed by atoms with E-state index in [4.69, 9.17) is 10.1 Å². The lowest BCUT2D eigenvalue weighted by molar-refractivity contribution is -0.134. The number of benzene rings is 1. The van der Waals surface area contributed by atoms with Crippen LogP contribution in [0.4, 0.5) is 10.5 Å². The van der Waals surface area contributed by atoms with Crippen LogP contribution in [0.5, 0.6) is 0 Å². The molecule has 10 nitrogen and oxygen atoms in total. The zero-order valence-electron chi connectivity index (χ0n) is 20.1. The number of anilines is 1. The van der Waals surface area contributed by atoms with E-state index in [1.54, 1.807) is 30.0 Å². The maximum atomic E-state index is 13.0. The summed E-state index contributed by atoms with van der Waals surface area (Å²) >= 11 is 0. The first-order valence-electron chi connectivity index (χ1n) is 11.5. The fourth-order valence-electron chi connectivity index (χ4n) is 4.11. The number of nitrogens with one attached hydrogen (secondary N) is 4. The lowest BCUT2D eigenvalue weighted by atomic mass is 9.99. The standard InChI is InChI=1S/C24H33N5O5/c1-14(25)20-16(21(31)27-18-8-9-19(30)28-22(18)32)6-5-7-17(20)26-12-15-10-11-29(13-15)23(33)34-24(2,3)4/h5-7,15,18,25-26H,8-13H2,1-4H3,(H,27,31)(H,28,30,32). The number of nitrogens with zero attached hydrogens (tertiary/aromatic N) is 1. The third-order valence-corrected chi connectivity index (χ3v) is 5.75. The molecule has 0 radical (unpaired) electrons. The first-order valence-corrected chi connectivity index (χ1v) is 11.5. The van der Waals surface area contributed by atoms with Crippen LogP contribution >= 0.6 is 0 Å². The van der Waals surface area contributed by atoms with Gasteiger partial charge in [0.2, 0.25) is 11.8 Å². The minimum Gasteiger partial charge on any atom is -0.444 e. The Morgan fingerprint density at radius 1 is 1.24 bits per heavy atom. The number of hydrogen-bond acceptors (Lipinski definition) is 7. The van der Waals surface area contributed by atoms with E-state index in [0.29, 0.717) is 30.9 Å². The summed E-state index contributed by atoms with van der Waals surface area (Å²) in [6.45, 7) is 8.86. The lowest BCUT2D eigenvalue weighted by Crippen LogP contribution is -2.52. The van der Waals surface area contributed by atoms with Gasteiger partial charge in [-0.3, -0.25) is 19.7 Å². The van der Waals surface area contributed by atoms with E-state index in [2.05, 4.69) is 16.0 Å². The molecule has 2 fully saturated rings. The summed E-state index contributed by atoms with van der Waals surface area (Å²) in [7, 11) is 0. The summed E-state index contributed by atoms with van der Waals surface area (Å²) in [6.07, 6.45) is 0.901. The van der Waals surface area contributed by atoms with E-state index in [0.717, 1.165) is 6.42 Å². The molecule has 184 valence electrons. The predicted octanol–water partition coefficient (Wildman–Crippen LogP) is 2.28. The Morgan fingerprint density at radius 2 is 1.97 bits per heavy atom. The van der Waals surface area contributed by atoms with Gasteiger partial charge in [0.05, 0.1) is 5.56 Å². The molecule has 3 rings (SSSR count). The first-order chi connectivity index (χ1) is 15.9. The molecule has 4 N–H and O–H groups in total. The highest BCUT2D eigenvalue weighted by Gasteiger charge is 2.31. The zero-order chi connectivity index (χ0) is 25.0. The van der Waals surface area contributed by atoms with Crippen LogP contribution in [0.15, 0.2) is 18.2 Å². The molecule has 0 aliphatic carbocycles. The van der Waals surface area contributed by atoms with Crippen LogP contribution < -0.4 is 16.0 Å². The van der Waals surface area contributed by atoms with Gasteiger partial charge in [-0.25, -0.2) is 4.79 Å². The fourth-order valence-corrected chi connectivity index (χ4v) is 4.11. The molecule has 2 atom stereocenters. The summed E-state index contributed by atoms with van der Waals surface area (Å²) in [5.41, 5.74) is 1.04. The van der Waals surface area contributed by atoms with Crippen LogP contribution in [-0.4, -0.2) is 65.7 Å². The van der Waals surface area contributed by atoms with Crippen LogP contribution in [0.2, 0.25) is 0 Å². The molecule has 2 aliphatic heterocycles. The van der Waals surface area contributed by atoms with E-state index < -0.39 is 23.5 Å². The summed E-state index contributed by atoms with van der Waals surface area (Å²) in [4.78, 5) is 50.3. The minimum absolute atomic E-state index is 0.163. The molecule has 2 heterocycles. The quantitative estimate of drug-likeness (QED) is 0.371. The van der Waals surface area contributed by atoms with Gasteiger partial charge in [-0.05, 0) is 58.6 Å². The Balaban J connectivity index is 1.66. The number of amides is 4. The topological polar surface area (TPSA) is 141 Å². The second-order valence-electron chi connectivity index (χ2n) is 9.79. The Morgan fingerprint density at radius 3 is 2.62 bits per heavy atom. The molecule has 0 saturated carbocycles. The molecule has 0 aromatic heterocycles. The normalized spacial score (nSPS) is 20.5. The molecule has 1 aromatic rings. The summed E-state index contributed by atoms with van der Waals surface area (Å²) in [5.74, 6) is -1.15. The van der Waals surface area contributed by atoms with Crippen molar-refractivity contribution in [3.05, 3.63) is 29.3 Å². The van der Waals surface area contributed by atoms with E-state index in [1.807, 2.05) is 20.8 Å². The first kappa shape index (κ1) is 25.2. The van der Waals surface area contributed by atoms with Gasteiger partial charge < -0.3 is 25.7 Å². The van der Waals surface area contributed by atoms with Crippen molar-refractivity contribution in [2.24, 2.45) is 5.92 Å². The Labute approximate surface area is 199 Å². The van der Waals surface area contributed by atoms with Gasteiger partial charge in [-0.2, -0.15) is 0 Å². The molecule has 1 aromatic carbocycles. The van der Waals surface area contributed by atoms with E-state index in [1.165, 1.54) is 0 Å². The van der Waals surface area contributed by atoms with Crippen molar-refractivity contribution in [2.45, 2.75) is 58.6 Å². The van der Waals surface area contributed by atoms with E-state index in [9.17, 15) is 19.2 Å². The number of likely N-dealkylation sites (tertiary alicyclic amines) is 1. The van der Waals surface area contributed by atoms with Crippen molar-refractivity contribution in [2.75, 3.05) is 25.0 Å². The molecular formula is C24H33N5O5. The highest BCUT2D eigenvalue weighted by molar-refractivity contribution is 6.12. The highest BCUT2D eigenvalue weighted by Crippen LogP contribution is 2.24. The van der Waals surface area contributed by atoms with Crippen LogP contribution in [0.1, 0.15) is 62.9 Å². The molecule has 2 saturated heterocycles. The monoisotopic (exact) mass is 471 g/mol. The number of carbonyl (C=O) groups is 4. The average Bonchev–Trinajstić information content (AvgIpc) is 3.22. The van der Waals surface area contributed by atoms with Crippen LogP contribution in [0.25, 0.3) is 0 Å². The predicted molar refractivity (Wildman–Crippen MR) is 127 cm³/mol. The Hall–Kier alpha value is -3.43. The molecule has 34 heavy (non-hydrogen) atoms. The van der Waals surface area contributed by atoms with E-state index in [-0.39, 0.29) is 42.0 Å². The minimum atomic E-state index is -0.793. The van der Waals surface area contributed by atoms with Crippen molar-refractivity contribution in [1.29, 1.82) is 5.41 Å². The van der Waals surface area contributed by atoms with Gasteiger partial charge >= 0.3 is 6.09 Å². The third kappa shape index (κ3) is 6.33. The molecule has 0 spiro atoms. The van der Waals surface area contributed by atoms with Crippen LogP contribution in [0.3, 0.4) is 0 Å². The van der Waals surface area contributed by atoms with Crippen molar-refractivity contribution in [1.82, 2.24) is 15.5 Å². The number of carbonyl (C=O) groups excluding carboxylic acids is 4. The van der Waals surface area contributed by atoms with Crippen LogP contribution in [-0.2, 0) is 14.3 Å². The highest BCUT2D eigenvalue weighted by atomic mass is 16.6. The Kier molecular flexibility index (Phi) is 7.58. The van der Waals surface area contributed by atoms with Crippen LogP contribution in [0, 0.1) is 11.3 Å². The second kappa shape index (κ2) is 10.2.